The van der Waals surface area contributed by atoms with Crippen molar-refractivity contribution in [3.8, 4) is 0 Å². The summed E-state index contributed by atoms with van der Waals surface area (Å²) in [5.74, 6) is 0. The molecule has 0 heterocycles. The number of carbonyl (C=O) groups excluding carboxylic acids is 2. The van der Waals surface area contributed by atoms with Gasteiger partial charge in [0.15, 0.2) is 0 Å². The van der Waals surface area contributed by atoms with Gasteiger partial charge in [-0.05, 0) is 11.6 Å². The van der Waals surface area contributed by atoms with Gasteiger partial charge >= 0.3 is 29.6 Å². The Labute approximate surface area is 85.0 Å². The molecule has 0 amide bonds. The molecule has 0 aromatic heterocycles. The van der Waals surface area contributed by atoms with E-state index in [1.807, 2.05) is 0 Å². The maximum atomic E-state index is 9.58. The van der Waals surface area contributed by atoms with Gasteiger partial charge in [0.05, 0.1) is 6.42 Å². The molecule has 0 aliphatic carbocycles. The number of carbonyl (C=O) groups is 2. The first-order chi connectivity index (χ1) is 2.77. The fourth-order valence-corrected chi connectivity index (χ4v) is 0.129. The summed E-state index contributed by atoms with van der Waals surface area (Å²) in [6, 6.07) is 0. The zero-order valence-electron chi connectivity index (χ0n) is 4.48. The summed E-state index contributed by atoms with van der Waals surface area (Å²) in [6.07, 6.45) is 0.289. The van der Waals surface area contributed by atoms with E-state index in [1.165, 1.54) is 0 Å². The average molecular weight is 185 g/mol. The summed E-state index contributed by atoms with van der Waals surface area (Å²) in [5, 5.41) is -0.606. The van der Waals surface area contributed by atoms with Crippen LogP contribution < -0.4 is 0 Å². The van der Waals surface area contributed by atoms with Crippen molar-refractivity contribution in [3.63, 3.8) is 0 Å². The minimum atomic E-state index is -0.606. The third-order valence-corrected chi connectivity index (χ3v) is 0.398. The van der Waals surface area contributed by atoms with E-state index >= 15 is 0 Å². The number of halogens is 1. The molecule has 0 unspecified atom stereocenters. The van der Waals surface area contributed by atoms with Crippen LogP contribution in [0.2, 0.25) is 0 Å². The van der Waals surface area contributed by atoms with Gasteiger partial charge in [-0.2, -0.15) is 0 Å². The molecule has 60 valence electrons. The average Bonchev–Trinajstić information content (AvgIpc) is 1.35. The molecule has 5 nitrogen and oxygen atoms in total. The molecular weight excluding hydrogens is 174 g/mol. The minimum absolute atomic E-state index is 0. The van der Waals surface area contributed by atoms with E-state index in [0.29, 0.717) is 6.29 Å². The van der Waals surface area contributed by atoms with Gasteiger partial charge in [-0.3, -0.25) is 4.79 Å². The normalized spacial score (nSPS) is 4.50. The first-order valence-corrected chi connectivity index (χ1v) is 1.77. The van der Waals surface area contributed by atoms with Gasteiger partial charge in [-0.25, -0.2) is 0 Å². The molecule has 0 aromatic rings. The quantitative estimate of drug-likeness (QED) is 0.199. The van der Waals surface area contributed by atoms with Crippen molar-refractivity contribution in [1.82, 2.24) is 0 Å². The van der Waals surface area contributed by atoms with Crippen LogP contribution in [-0.2, 0) is 9.59 Å². The molecule has 6 N–H and O–H groups in total. The first kappa shape index (κ1) is 31.3. The molecule has 0 aromatic carbocycles. The summed E-state index contributed by atoms with van der Waals surface area (Å²) in [6.45, 7) is 0. The molecule has 10 heavy (non-hydrogen) atoms. The van der Waals surface area contributed by atoms with Gasteiger partial charge in [0.2, 0.25) is 5.24 Å². The zero-order chi connectivity index (χ0) is 4.99. The summed E-state index contributed by atoms with van der Waals surface area (Å²) in [7, 11) is 0. The number of rotatable bonds is 2. The summed E-state index contributed by atoms with van der Waals surface area (Å²) in [4.78, 5) is 18.9. The van der Waals surface area contributed by atoms with Crippen LogP contribution in [0.25, 0.3) is 0 Å². The Hall–Kier alpha value is 0.510. The molecule has 0 bridgehead atoms. The van der Waals surface area contributed by atoms with Gasteiger partial charge < -0.3 is 21.2 Å². The van der Waals surface area contributed by atoms with Gasteiger partial charge in [0, 0.05) is 0 Å². The van der Waals surface area contributed by atoms with Crippen LogP contribution in [0.3, 0.4) is 0 Å². The van der Waals surface area contributed by atoms with E-state index in [9.17, 15) is 9.59 Å². The third-order valence-electron chi connectivity index (χ3n) is 0.244. The Balaban J connectivity index is -0.0000000208. The Bertz CT molecular complexity index is 77.3. The molecule has 0 atom stereocenters. The van der Waals surface area contributed by atoms with Crippen LogP contribution >= 0.6 is 11.6 Å². The van der Waals surface area contributed by atoms with E-state index in [1.54, 1.807) is 0 Å². The van der Waals surface area contributed by atoms with E-state index in [-0.39, 0.29) is 52.4 Å². The SMILES string of the molecule is O.O.O.O=CCC(=O)Cl.[NaH]. The van der Waals surface area contributed by atoms with E-state index < -0.39 is 5.24 Å². The second-order valence-electron chi connectivity index (χ2n) is 0.726. The van der Waals surface area contributed by atoms with Crippen LogP contribution in [0.5, 0.6) is 0 Å². The van der Waals surface area contributed by atoms with Crippen LogP contribution in [0.1, 0.15) is 6.42 Å². The number of aldehydes is 1. The van der Waals surface area contributed by atoms with Crippen molar-refractivity contribution in [3.05, 3.63) is 0 Å². The van der Waals surface area contributed by atoms with Crippen molar-refractivity contribution in [2.45, 2.75) is 6.42 Å². The fourth-order valence-electron chi connectivity index (χ4n) is 0.0655. The van der Waals surface area contributed by atoms with Crippen molar-refractivity contribution in [1.29, 1.82) is 0 Å². The van der Waals surface area contributed by atoms with E-state index in [4.69, 9.17) is 11.6 Å². The maximum absolute atomic E-state index is 9.58. The van der Waals surface area contributed by atoms with Crippen molar-refractivity contribution < 1.29 is 26.0 Å². The molecule has 0 spiro atoms. The molecule has 0 fully saturated rings. The van der Waals surface area contributed by atoms with Gasteiger partial charge in [0.25, 0.3) is 0 Å². The first-order valence-electron chi connectivity index (χ1n) is 1.39. The fraction of sp³-hybridized carbons (Fsp3) is 0.333. The molecule has 0 rings (SSSR count). The Kier molecular flexibility index (Phi) is 71.0. The van der Waals surface area contributed by atoms with Crippen molar-refractivity contribution in [2.75, 3.05) is 0 Å². The van der Waals surface area contributed by atoms with Crippen LogP contribution in [0.15, 0.2) is 0 Å². The summed E-state index contributed by atoms with van der Waals surface area (Å²) < 4.78 is 0. The Morgan fingerprint density at radius 3 is 1.60 bits per heavy atom. The number of hydrogen-bond donors (Lipinski definition) is 0. The molecular formula is C3H10ClNaO5. The molecule has 0 aliphatic heterocycles. The molecule has 0 saturated heterocycles. The van der Waals surface area contributed by atoms with Crippen molar-refractivity contribution in [2.24, 2.45) is 0 Å². The summed E-state index contributed by atoms with van der Waals surface area (Å²) in [5.41, 5.74) is 0. The molecule has 0 radical (unpaired) electrons. The molecule has 0 saturated carbocycles. The predicted molar refractivity (Wildman–Crippen MR) is 39.5 cm³/mol. The zero-order valence-corrected chi connectivity index (χ0v) is 5.23. The van der Waals surface area contributed by atoms with Crippen LogP contribution in [0.4, 0.5) is 0 Å². The standard InChI is InChI=1S/C3H3ClO2.Na.3H2O.H/c4-3(6)1-2-5;;;;;/h2H,1H2;;3*1H2;. The number of hydrogen-bond acceptors (Lipinski definition) is 2. The van der Waals surface area contributed by atoms with E-state index in [2.05, 4.69) is 0 Å². The van der Waals surface area contributed by atoms with Crippen LogP contribution in [0, 0.1) is 0 Å². The second-order valence-corrected chi connectivity index (χ2v) is 1.15. The Morgan fingerprint density at radius 1 is 1.30 bits per heavy atom. The molecule has 7 heteroatoms. The monoisotopic (exact) mass is 184 g/mol. The summed E-state index contributed by atoms with van der Waals surface area (Å²) >= 11 is 4.71. The third kappa shape index (κ3) is 39.0. The second kappa shape index (κ2) is 22.7. The van der Waals surface area contributed by atoms with E-state index in [0.717, 1.165) is 0 Å². The Morgan fingerprint density at radius 2 is 1.60 bits per heavy atom. The van der Waals surface area contributed by atoms with Crippen molar-refractivity contribution >= 4 is 52.7 Å². The van der Waals surface area contributed by atoms with Gasteiger partial charge in [-0.1, -0.05) is 0 Å². The van der Waals surface area contributed by atoms with Gasteiger partial charge in [0.1, 0.15) is 6.29 Å². The predicted octanol–water partition coefficient (Wildman–Crippen LogP) is -2.78. The van der Waals surface area contributed by atoms with Gasteiger partial charge in [-0.15, -0.1) is 0 Å². The van der Waals surface area contributed by atoms with Crippen LogP contribution in [-0.4, -0.2) is 57.5 Å². The topological polar surface area (TPSA) is 129 Å². The molecule has 0 aliphatic rings.